The lowest BCUT2D eigenvalue weighted by Gasteiger charge is -2.19. The van der Waals surface area contributed by atoms with Gasteiger partial charge in [0.1, 0.15) is 11.4 Å². The van der Waals surface area contributed by atoms with E-state index in [4.69, 9.17) is 15.2 Å². The van der Waals surface area contributed by atoms with Gasteiger partial charge in [0.2, 0.25) is 0 Å². The topological polar surface area (TPSA) is 73.6 Å². The molecule has 1 aromatic carbocycles. The van der Waals surface area contributed by atoms with Crippen LogP contribution in [0, 0.1) is 0 Å². The fraction of sp³-hybridized carbons (Fsp3) is 0.562. The van der Waals surface area contributed by atoms with Crippen LogP contribution in [-0.2, 0) is 11.2 Å². The molecule has 0 aliphatic rings. The van der Waals surface area contributed by atoms with E-state index >= 15 is 0 Å². The number of alkyl carbamates (subject to hydrolysis) is 1. The van der Waals surface area contributed by atoms with Crippen molar-refractivity contribution in [1.82, 2.24) is 5.32 Å². The highest BCUT2D eigenvalue weighted by atomic mass is 16.6. The van der Waals surface area contributed by atoms with E-state index in [1.807, 2.05) is 45.0 Å². The molecule has 0 aliphatic carbocycles. The third kappa shape index (κ3) is 8.19. The summed E-state index contributed by atoms with van der Waals surface area (Å²) in [6.45, 7) is 7.34. The maximum absolute atomic E-state index is 11.5. The maximum Gasteiger partial charge on any atom is 0.407 e. The number of nitrogens with one attached hydrogen (secondary N) is 1. The molecule has 0 saturated carbocycles. The number of hydrogen-bond donors (Lipinski definition) is 2. The SMILES string of the molecule is CC(C)(C)OC(=O)NCCc1ccc(OCCCN)cc1. The van der Waals surface area contributed by atoms with E-state index in [1.165, 1.54) is 0 Å². The van der Waals surface area contributed by atoms with Gasteiger partial charge in [0.05, 0.1) is 6.61 Å². The first-order valence-electron chi connectivity index (χ1n) is 7.29. The normalized spacial score (nSPS) is 11.0. The molecular formula is C16H26N2O3. The van der Waals surface area contributed by atoms with Crippen LogP contribution in [0.3, 0.4) is 0 Å². The summed E-state index contributed by atoms with van der Waals surface area (Å²) in [6.07, 6.45) is 1.22. The minimum atomic E-state index is -0.466. The number of carbonyl (C=O) groups is 1. The highest BCUT2D eigenvalue weighted by molar-refractivity contribution is 5.67. The highest BCUT2D eigenvalue weighted by Gasteiger charge is 2.15. The lowest BCUT2D eigenvalue weighted by molar-refractivity contribution is 0.0528. The zero-order valence-electron chi connectivity index (χ0n) is 13.1. The van der Waals surface area contributed by atoms with Gasteiger partial charge in [0.25, 0.3) is 0 Å². The predicted molar refractivity (Wildman–Crippen MR) is 83.5 cm³/mol. The molecule has 0 spiro atoms. The van der Waals surface area contributed by atoms with Crippen LogP contribution in [0.2, 0.25) is 0 Å². The minimum Gasteiger partial charge on any atom is -0.494 e. The standard InChI is InChI=1S/C16H26N2O3/c1-16(2,3)21-15(19)18-11-9-13-5-7-14(8-6-13)20-12-4-10-17/h5-8H,4,9-12,17H2,1-3H3,(H,18,19). The molecule has 21 heavy (non-hydrogen) atoms. The average Bonchev–Trinajstić information content (AvgIpc) is 2.39. The van der Waals surface area contributed by atoms with E-state index in [1.54, 1.807) is 0 Å². The Kier molecular flexibility index (Phi) is 7.02. The van der Waals surface area contributed by atoms with Gasteiger partial charge in [-0.2, -0.15) is 0 Å². The minimum absolute atomic E-state index is 0.385. The first-order chi connectivity index (χ1) is 9.90. The van der Waals surface area contributed by atoms with E-state index in [9.17, 15) is 4.79 Å². The molecular weight excluding hydrogens is 268 g/mol. The van der Waals surface area contributed by atoms with Gasteiger partial charge < -0.3 is 20.5 Å². The van der Waals surface area contributed by atoms with Crippen LogP contribution in [0.4, 0.5) is 4.79 Å². The molecule has 0 saturated heterocycles. The Morgan fingerprint density at radius 2 is 1.90 bits per heavy atom. The van der Waals surface area contributed by atoms with Crippen molar-refractivity contribution in [2.45, 2.75) is 39.2 Å². The molecule has 1 rings (SSSR count). The number of benzene rings is 1. The van der Waals surface area contributed by atoms with Gasteiger partial charge in [-0.15, -0.1) is 0 Å². The largest absolute Gasteiger partial charge is 0.494 e. The molecule has 0 heterocycles. The summed E-state index contributed by atoms with van der Waals surface area (Å²) in [4.78, 5) is 11.5. The first-order valence-corrected chi connectivity index (χ1v) is 7.29. The molecule has 0 aromatic heterocycles. The molecule has 0 radical (unpaired) electrons. The molecule has 5 nitrogen and oxygen atoms in total. The van der Waals surface area contributed by atoms with E-state index in [-0.39, 0.29) is 6.09 Å². The zero-order valence-corrected chi connectivity index (χ0v) is 13.1. The van der Waals surface area contributed by atoms with Crippen LogP contribution in [0.15, 0.2) is 24.3 Å². The molecule has 3 N–H and O–H groups in total. The summed E-state index contributed by atoms with van der Waals surface area (Å²) in [7, 11) is 0. The van der Waals surface area contributed by atoms with Gasteiger partial charge in [-0.05, 0) is 57.9 Å². The second-order valence-corrected chi connectivity index (χ2v) is 5.81. The molecule has 0 atom stereocenters. The Morgan fingerprint density at radius 3 is 2.48 bits per heavy atom. The zero-order chi connectivity index (χ0) is 15.7. The smallest absolute Gasteiger partial charge is 0.407 e. The van der Waals surface area contributed by atoms with Crippen molar-refractivity contribution in [3.05, 3.63) is 29.8 Å². The van der Waals surface area contributed by atoms with Crippen LogP contribution in [0.1, 0.15) is 32.8 Å². The Labute approximate surface area is 126 Å². The molecule has 0 bridgehead atoms. The molecule has 5 heteroatoms. The van der Waals surface area contributed by atoms with Crippen LogP contribution in [0.5, 0.6) is 5.75 Å². The molecule has 118 valence electrons. The predicted octanol–water partition coefficient (Wildman–Crippen LogP) is 2.48. The fourth-order valence-electron chi connectivity index (χ4n) is 1.65. The first kappa shape index (κ1) is 17.3. The number of ether oxygens (including phenoxy) is 2. The number of carbonyl (C=O) groups excluding carboxylic acids is 1. The van der Waals surface area contributed by atoms with Crippen LogP contribution < -0.4 is 15.8 Å². The van der Waals surface area contributed by atoms with Gasteiger partial charge >= 0.3 is 6.09 Å². The second-order valence-electron chi connectivity index (χ2n) is 5.81. The number of rotatable bonds is 7. The lowest BCUT2D eigenvalue weighted by Crippen LogP contribution is -2.33. The van der Waals surface area contributed by atoms with Crippen LogP contribution in [0.25, 0.3) is 0 Å². The summed E-state index contributed by atoms with van der Waals surface area (Å²) in [6, 6.07) is 7.85. The van der Waals surface area contributed by atoms with E-state index in [2.05, 4.69) is 5.32 Å². The lowest BCUT2D eigenvalue weighted by atomic mass is 10.1. The van der Waals surface area contributed by atoms with E-state index in [0.29, 0.717) is 19.7 Å². The third-order valence-corrected chi connectivity index (χ3v) is 2.62. The van der Waals surface area contributed by atoms with Crippen LogP contribution in [-0.4, -0.2) is 31.4 Å². The maximum atomic E-state index is 11.5. The summed E-state index contributed by atoms with van der Waals surface area (Å²) in [5.74, 6) is 0.840. The molecule has 1 amide bonds. The molecule has 0 aliphatic heterocycles. The quantitative estimate of drug-likeness (QED) is 0.758. The second kappa shape index (κ2) is 8.52. The molecule has 0 fully saturated rings. The van der Waals surface area contributed by atoms with Crippen molar-refractivity contribution in [2.24, 2.45) is 5.73 Å². The number of hydrogen-bond acceptors (Lipinski definition) is 4. The van der Waals surface area contributed by atoms with Gasteiger partial charge in [0.15, 0.2) is 0 Å². The Hall–Kier alpha value is -1.75. The Bertz CT molecular complexity index is 424. The third-order valence-electron chi connectivity index (χ3n) is 2.62. The van der Waals surface area contributed by atoms with Crippen molar-refractivity contribution < 1.29 is 14.3 Å². The number of amides is 1. The average molecular weight is 294 g/mol. The van der Waals surface area contributed by atoms with Crippen molar-refractivity contribution in [3.63, 3.8) is 0 Å². The van der Waals surface area contributed by atoms with Crippen LogP contribution >= 0.6 is 0 Å². The molecule has 1 aromatic rings. The van der Waals surface area contributed by atoms with Crippen molar-refractivity contribution in [3.8, 4) is 5.75 Å². The van der Waals surface area contributed by atoms with Crippen molar-refractivity contribution in [1.29, 1.82) is 0 Å². The van der Waals surface area contributed by atoms with Gasteiger partial charge in [-0.1, -0.05) is 12.1 Å². The van der Waals surface area contributed by atoms with E-state index < -0.39 is 5.60 Å². The number of nitrogens with two attached hydrogens (primary N) is 1. The monoisotopic (exact) mass is 294 g/mol. The van der Waals surface area contributed by atoms with Gasteiger partial charge in [0, 0.05) is 6.54 Å². The fourth-order valence-corrected chi connectivity index (χ4v) is 1.65. The summed E-state index contributed by atoms with van der Waals surface area (Å²) >= 11 is 0. The summed E-state index contributed by atoms with van der Waals surface area (Å²) < 4.78 is 10.7. The van der Waals surface area contributed by atoms with Crippen molar-refractivity contribution in [2.75, 3.05) is 19.7 Å². The van der Waals surface area contributed by atoms with Crippen molar-refractivity contribution >= 4 is 6.09 Å². The Morgan fingerprint density at radius 1 is 1.24 bits per heavy atom. The highest BCUT2D eigenvalue weighted by Crippen LogP contribution is 2.12. The Balaban J connectivity index is 2.28. The van der Waals surface area contributed by atoms with Gasteiger partial charge in [-0.3, -0.25) is 0 Å². The van der Waals surface area contributed by atoms with Gasteiger partial charge in [-0.25, -0.2) is 4.79 Å². The summed E-state index contributed by atoms with van der Waals surface area (Å²) in [5.41, 5.74) is 6.08. The van der Waals surface area contributed by atoms with E-state index in [0.717, 1.165) is 24.2 Å². The summed E-state index contributed by atoms with van der Waals surface area (Å²) in [5, 5.41) is 2.74. The molecule has 0 unspecified atom stereocenters.